The molecule has 0 atom stereocenters. The maximum Gasteiger partial charge on any atom is 0.263 e. The summed E-state index contributed by atoms with van der Waals surface area (Å²) in [6, 6.07) is 13.5. The summed E-state index contributed by atoms with van der Waals surface area (Å²) < 4.78 is 14.0. The molecule has 0 unspecified atom stereocenters. The number of hydrogen-bond acceptors (Lipinski definition) is 5. The van der Waals surface area contributed by atoms with Gasteiger partial charge in [0.1, 0.15) is 29.0 Å². The van der Waals surface area contributed by atoms with Gasteiger partial charge in [0.25, 0.3) is 5.91 Å². The largest absolute Gasteiger partial charge is 0.490 e. The average molecular weight is 562 g/mol. The van der Waals surface area contributed by atoms with Crippen LogP contribution in [0.1, 0.15) is 5.56 Å². The second-order valence-corrected chi connectivity index (χ2v) is 9.07. The Morgan fingerprint density at radius 2 is 1.88 bits per heavy atom. The topological polar surface area (TPSA) is 47.6 Å². The van der Waals surface area contributed by atoms with Crippen molar-refractivity contribution in [1.82, 2.24) is 5.32 Å². The number of halogens is 2. The summed E-state index contributed by atoms with van der Waals surface area (Å²) in [5.41, 5.74) is 0.802. The molecule has 0 bridgehead atoms. The van der Waals surface area contributed by atoms with E-state index >= 15 is 0 Å². The van der Waals surface area contributed by atoms with Crippen molar-refractivity contribution >= 4 is 78.8 Å². The molecule has 1 heterocycles. The minimum Gasteiger partial charge on any atom is -0.490 e. The van der Waals surface area contributed by atoms with E-state index in [9.17, 15) is 4.79 Å². The number of benzene rings is 2. The summed E-state index contributed by atoms with van der Waals surface area (Å²) in [6.45, 7) is 0.813. The Morgan fingerprint density at radius 1 is 1.15 bits per heavy atom. The summed E-state index contributed by atoms with van der Waals surface area (Å²) in [4.78, 5) is 12.4. The van der Waals surface area contributed by atoms with Crippen molar-refractivity contribution in [2.24, 2.45) is 0 Å². The van der Waals surface area contributed by atoms with Gasteiger partial charge in [-0.25, -0.2) is 0 Å². The normalized spacial score (nSPS) is 15.2. The minimum atomic E-state index is -0.187. The highest BCUT2D eigenvalue weighted by Gasteiger charge is 2.22. The van der Waals surface area contributed by atoms with Gasteiger partial charge in [0, 0.05) is 13.6 Å². The van der Waals surface area contributed by atoms with Gasteiger partial charge in [-0.05, 0) is 71.1 Å². The number of nitrogens with one attached hydrogen (secondary N) is 1. The maximum absolute atomic E-state index is 11.9. The number of thioether (sulfide) groups is 1. The molecule has 1 aliphatic heterocycles. The first-order chi connectivity index (χ1) is 12.5. The zero-order chi connectivity index (χ0) is 18.5. The van der Waals surface area contributed by atoms with Crippen molar-refractivity contribution in [1.29, 1.82) is 0 Å². The number of rotatable bonds is 6. The first kappa shape index (κ1) is 19.7. The quantitative estimate of drug-likeness (QED) is 0.233. The number of thiocarbonyl (C=S) groups is 1. The number of carbonyl (C=O) groups is 1. The monoisotopic (exact) mass is 561 g/mol. The van der Waals surface area contributed by atoms with Crippen molar-refractivity contribution in [3.63, 3.8) is 0 Å². The fraction of sp³-hybridized carbons (Fsp3) is 0.111. The Balaban J connectivity index is 1.64. The highest BCUT2D eigenvalue weighted by Crippen LogP contribution is 2.31. The highest BCUT2D eigenvalue weighted by atomic mass is 127. The Labute approximate surface area is 183 Å². The van der Waals surface area contributed by atoms with Gasteiger partial charge in [0.15, 0.2) is 0 Å². The second-order valence-electron chi connectivity index (χ2n) is 5.19. The molecule has 1 amide bonds. The van der Waals surface area contributed by atoms with Crippen LogP contribution in [0.25, 0.3) is 6.08 Å². The zero-order valence-corrected chi connectivity index (χ0v) is 18.7. The lowest BCUT2D eigenvalue weighted by atomic mass is 10.2. The van der Waals surface area contributed by atoms with Gasteiger partial charge >= 0.3 is 0 Å². The van der Waals surface area contributed by atoms with Crippen LogP contribution in [0.2, 0.25) is 0 Å². The smallest absolute Gasteiger partial charge is 0.263 e. The molecule has 1 fully saturated rings. The summed E-state index contributed by atoms with van der Waals surface area (Å²) >= 11 is 12.0. The van der Waals surface area contributed by atoms with E-state index in [1.165, 1.54) is 11.8 Å². The third-order valence-corrected chi connectivity index (χ3v) is 5.70. The van der Waals surface area contributed by atoms with E-state index in [2.05, 4.69) is 43.8 Å². The second kappa shape index (κ2) is 9.20. The fourth-order valence-electron chi connectivity index (χ4n) is 2.17. The van der Waals surface area contributed by atoms with Crippen LogP contribution >= 0.6 is 62.5 Å². The molecule has 1 aliphatic rings. The molecule has 0 spiro atoms. The third kappa shape index (κ3) is 5.45. The Hall–Kier alpha value is -1.10. The van der Waals surface area contributed by atoms with E-state index in [1.807, 2.05) is 42.5 Å². The molecular formula is C18H13BrINO3S2. The lowest BCUT2D eigenvalue weighted by Gasteiger charge is -2.11. The van der Waals surface area contributed by atoms with Crippen LogP contribution in [0, 0.1) is 3.57 Å². The van der Waals surface area contributed by atoms with E-state index < -0.39 is 0 Å². The molecule has 0 radical (unpaired) electrons. The van der Waals surface area contributed by atoms with E-state index in [-0.39, 0.29) is 5.91 Å². The first-order valence-corrected chi connectivity index (χ1v) is 10.7. The molecule has 4 nitrogen and oxygen atoms in total. The van der Waals surface area contributed by atoms with E-state index in [4.69, 9.17) is 21.7 Å². The highest BCUT2D eigenvalue weighted by molar-refractivity contribution is 14.1. The van der Waals surface area contributed by atoms with Crippen LogP contribution in [0.3, 0.4) is 0 Å². The molecule has 2 aromatic rings. The average Bonchev–Trinajstić information content (AvgIpc) is 2.92. The van der Waals surface area contributed by atoms with E-state index in [1.54, 1.807) is 6.08 Å². The zero-order valence-electron chi connectivity index (χ0n) is 13.3. The van der Waals surface area contributed by atoms with E-state index in [0.717, 1.165) is 19.4 Å². The van der Waals surface area contributed by atoms with Gasteiger partial charge in [-0.3, -0.25) is 4.79 Å². The number of amides is 1. The lowest BCUT2D eigenvalue weighted by Crippen LogP contribution is -2.17. The maximum atomic E-state index is 11.9. The van der Waals surface area contributed by atoms with Crippen LogP contribution in [0.5, 0.6) is 11.5 Å². The van der Waals surface area contributed by atoms with Crippen molar-refractivity contribution < 1.29 is 14.3 Å². The number of carbonyl (C=O) groups excluding carboxylic acids is 1. The van der Waals surface area contributed by atoms with Crippen molar-refractivity contribution in [3.05, 3.63) is 61.0 Å². The molecule has 3 rings (SSSR count). The number of hydrogen-bond donors (Lipinski definition) is 1. The summed E-state index contributed by atoms with van der Waals surface area (Å²) in [5, 5.41) is 2.61. The van der Waals surface area contributed by atoms with Crippen LogP contribution < -0.4 is 14.8 Å². The summed E-state index contributed by atoms with van der Waals surface area (Å²) in [5.74, 6) is 1.30. The van der Waals surface area contributed by atoms with Crippen molar-refractivity contribution in [3.8, 4) is 11.5 Å². The third-order valence-electron chi connectivity index (χ3n) is 3.32. The Morgan fingerprint density at radius 3 is 2.58 bits per heavy atom. The molecule has 2 aromatic carbocycles. The van der Waals surface area contributed by atoms with Gasteiger partial charge in [-0.2, -0.15) is 0 Å². The van der Waals surface area contributed by atoms with Crippen LogP contribution in [-0.4, -0.2) is 23.4 Å². The predicted molar refractivity (Wildman–Crippen MR) is 121 cm³/mol. The predicted octanol–water partition coefficient (Wildman–Crippen LogP) is 5.00. The molecule has 0 aliphatic carbocycles. The van der Waals surface area contributed by atoms with Gasteiger partial charge in [0.05, 0.1) is 4.91 Å². The molecule has 26 heavy (non-hydrogen) atoms. The molecule has 134 valence electrons. The van der Waals surface area contributed by atoms with Gasteiger partial charge in [-0.1, -0.05) is 39.9 Å². The van der Waals surface area contributed by atoms with Crippen LogP contribution in [0.15, 0.2) is 51.8 Å². The minimum absolute atomic E-state index is 0.187. The van der Waals surface area contributed by atoms with Crippen molar-refractivity contribution in [2.75, 3.05) is 13.2 Å². The summed E-state index contributed by atoms with van der Waals surface area (Å²) in [6.07, 6.45) is 1.78. The van der Waals surface area contributed by atoms with Crippen molar-refractivity contribution in [2.45, 2.75) is 0 Å². The Kier molecular flexibility index (Phi) is 6.96. The van der Waals surface area contributed by atoms with Crippen LogP contribution in [0.4, 0.5) is 0 Å². The molecule has 0 saturated carbocycles. The Bertz CT molecular complexity index is 871. The summed E-state index contributed by atoms with van der Waals surface area (Å²) in [7, 11) is 0. The van der Waals surface area contributed by atoms with Crippen LogP contribution in [-0.2, 0) is 4.79 Å². The molecule has 1 N–H and O–H groups in total. The van der Waals surface area contributed by atoms with Gasteiger partial charge in [0.2, 0.25) is 0 Å². The first-order valence-electron chi connectivity index (χ1n) is 7.57. The SMILES string of the molecule is O=C1NC(=S)SC1=Cc1cc(Br)ccc1OCCOc1ccc(I)cc1. The van der Waals surface area contributed by atoms with Gasteiger partial charge in [-0.15, -0.1) is 0 Å². The standard InChI is InChI=1S/C18H13BrINO3S2/c19-12-1-6-15(11(9-12)10-16-17(22)21-18(25)26-16)24-8-7-23-14-4-2-13(20)3-5-14/h1-6,9-10H,7-8H2,(H,21,22,25). The molecular weight excluding hydrogens is 549 g/mol. The lowest BCUT2D eigenvalue weighted by molar-refractivity contribution is -0.115. The molecule has 1 saturated heterocycles. The fourth-order valence-corrected chi connectivity index (χ4v) is 3.94. The number of ether oxygens (including phenoxy) is 2. The van der Waals surface area contributed by atoms with Gasteiger partial charge < -0.3 is 14.8 Å². The molecule has 0 aromatic heterocycles. The van der Waals surface area contributed by atoms with E-state index in [0.29, 0.717) is 28.2 Å². The molecule has 8 heteroatoms.